The molecule has 1 aromatic heterocycles. The number of benzene rings is 1. The summed E-state index contributed by atoms with van der Waals surface area (Å²) in [5, 5.41) is 0. The number of pyridine rings is 1. The predicted octanol–water partition coefficient (Wildman–Crippen LogP) is 2.88. The highest BCUT2D eigenvalue weighted by Gasteiger charge is 2.43. The molecule has 1 amide bonds. The van der Waals surface area contributed by atoms with E-state index in [-0.39, 0.29) is 17.1 Å². The lowest BCUT2D eigenvalue weighted by Gasteiger charge is -2.39. The molecule has 0 atom stereocenters. The van der Waals surface area contributed by atoms with Crippen LogP contribution in [-0.4, -0.2) is 28.9 Å². The SMILES string of the molecule is O=C(c1cccnc1F)N1CCC2(CC1)OCc1ccccc12. The van der Waals surface area contributed by atoms with Crippen LogP contribution in [0.5, 0.6) is 0 Å². The first-order valence-corrected chi connectivity index (χ1v) is 7.82. The lowest BCUT2D eigenvalue weighted by Crippen LogP contribution is -2.45. The van der Waals surface area contributed by atoms with Gasteiger partial charge in [-0.15, -0.1) is 0 Å². The highest BCUT2D eigenvalue weighted by atomic mass is 19.1. The summed E-state index contributed by atoms with van der Waals surface area (Å²) in [5.41, 5.74) is 2.21. The lowest BCUT2D eigenvalue weighted by atomic mass is 9.83. The van der Waals surface area contributed by atoms with Crippen molar-refractivity contribution in [3.05, 3.63) is 65.2 Å². The van der Waals surface area contributed by atoms with Crippen molar-refractivity contribution in [3.63, 3.8) is 0 Å². The number of piperidine rings is 1. The largest absolute Gasteiger partial charge is 0.365 e. The number of hydrogen-bond acceptors (Lipinski definition) is 3. The monoisotopic (exact) mass is 312 g/mol. The van der Waals surface area contributed by atoms with Crippen LogP contribution in [0.1, 0.15) is 34.3 Å². The van der Waals surface area contributed by atoms with Crippen LogP contribution in [0.15, 0.2) is 42.6 Å². The molecule has 118 valence electrons. The molecular formula is C18H17FN2O2. The highest BCUT2D eigenvalue weighted by Crippen LogP contribution is 2.44. The van der Waals surface area contributed by atoms with Crippen LogP contribution in [0.25, 0.3) is 0 Å². The molecule has 1 saturated heterocycles. The molecule has 2 aliphatic rings. The molecule has 0 N–H and O–H groups in total. The zero-order valence-corrected chi connectivity index (χ0v) is 12.7. The molecule has 0 bridgehead atoms. The standard InChI is InChI=1S/C18H17FN2O2/c19-16-14(5-3-9-20-16)17(22)21-10-7-18(8-11-21)15-6-2-1-4-13(15)12-23-18/h1-6,9H,7-8,10-12H2. The zero-order chi connectivity index (χ0) is 15.9. The van der Waals surface area contributed by atoms with E-state index in [0.717, 1.165) is 12.8 Å². The lowest BCUT2D eigenvalue weighted by molar-refractivity contribution is -0.0742. The third kappa shape index (κ3) is 2.32. The Morgan fingerprint density at radius 2 is 1.96 bits per heavy atom. The minimum Gasteiger partial charge on any atom is -0.365 e. The number of ether oxygens (including phenoxy) is 1. The van der Waals surface area contributed by atoms with E-state index in [1.807, 2.05) is 12.1 Å². The van der Waals surface area contributed by atoms with E-state index >= 15 is 0 Å². The first-order chi connectivity index (χ1) is 11.2. The van der Waals surface area contributed by atoms with Gasteiger partial charge in [0.15, 0.2) is 0 Å². The van der Waals surface area contributed by atoms with E-state index in [2.05, 4.69) is 17.1 Å². The van der Waals surface area contributed by atoms with E-state index in [0.29, 0.717) is 19.7 Å². The number of rotatable bonds is 1. The van der Waals surface area contributed by atoms with Crippen molar-refractivity contribution >= 4 is 5.91 Å². The molecule has 23 heavy (non-hydrogen) atoms. The number of aromatic nitrogens is 1. The number of fused-ring (bicyclic) bond motifs is 2. The molecule has 1 fully saturated rings. The Balaban J connectivity index is 1.52. The highest BCUT2D eigenvalue weighted by molar-refractivity contribution is 5.94. The van der Waals surface area contributed by atoms with E-state index in [9.17, 15) is 9.18 Å². The van der Waals surface area contributed by atoms with Crippen LogP contribution < -0.4 is 0 Å². The van der Waals surface area contributed by atoms with E-state index < -0.39 is 5.95 Å². The normalized spacial score (nSPS) is 18.9. The summed E-state index contributed by atoms with van der Waals surface area (Å²) in [5.74, 6) is -1.00. The molecule has 4 rings (SSSR count). The maximum atomic E-state index is 13.7. The van der Waals surface area contributed by atoms with E-state index in [1.165, 1.54) is 23.4 Å². The molecule has 2 aliphatic heterocycles. The molecule has 5 heteroatoms. The van der Waals surface area contributed by atoms with E-state index in [4.69, 9.17) is 4.74 Å². The first-order valence-electron chi connectivity index (χ1n) is 7.82. The summed E-state index contributed by atoms with van der Waals surface area (Å²) in [7, 11) is 0. The number of likely N-dealkylation sites (tertiary alicyclic amines) is 1. The van der Waals surface area contributed by atoms with Gasteiger partial charge < -0.3 is 9.64 Å². The second-order valence-electron chi connectivity index (χ2n) is 6.07. The van der Waals surface area contributed by atoms with Gasteiger partial charge in [0.25, 0.3) is 5.91 Å². The number of carbonyl (C=O) groups excluding carboxylic acids is 1. The van der Waals surface area contributed by atoms with Crippen molar-refractivity contribution in [1.82, 2.24) is 9.88 Å². The number of hydrogen-bond donors (Lipinski definition) is 0. The summed E-state index contributed by atoms with van der Waals surface area (Å²) < 4.78 is 19.8. The Morgan fingerprint density at radius 3 is 2.74 bits per heavy atom. The summed E-state index contributed by atoms with van der Waals surface area (Å²) in [4.78, 5) is 17.7. The number of halogens is 1. The maximum Gasteiger partial charge on any atom is 0.258 e. The van der Waals surface area contributed by atoms with Crippen molar-refractivity contribution in [2.45, 2.75) is 25.0 Å². The van der Waals surface area contributed by atoms with Crippen LogP contribution >= 0.6 is 0 Å². The summed E-state index contributed by atoms with van der Waals surface area (Å²) in [6, 6.07) is 11.3. The summed E-state index contributed by atoms with van der Waals surface area (Å²) in [6.45, 7) is 1.74. The number of carbonyl (C=O) groups is 1. The van der Waals surface area contributed by atoms with Crippen molar-refractivity contribution < 1.29 is 13.9 Å². The fourth-order valence-corrected chi connectivity index (χ4v) is 3.58. The Hall–Kier alpha value is -2.27. The van der Waals surface area contributed by atoms with Crippen LogP contribution in [0, 0.1) is 5.95 Å². The molecule has 4 nitrogen and oxygen atoms in total. The summed E-state index contributed by atoms with van der Waals surface area (Å²) in [6.07, 6.45) is 2.82. The van der Waals surface area contributed by atoms with E-state index in [1.54, 1.807) is 11.0 Å². The fourth-order valence-electron chi connectivity index (χ4n) is 3.58. The molecule has 2 aromatic rings. The second-order valence-corrected chi connectivity index (χ2v) is 6.07. The minimum absolute atomic E-state index is 0.0381. The molecule has 1 spiro atoms. The average Bonchev–Trinajstić information content (AvgIpc) is 2.94. The smallest absolute Gasteiger partial charge is 0.258 e. The third-order valence-corrected chi connectivity index (χ3v) is 4.86. The van der Waals surface area contributed by atoms with Gasteiger partial charge in [-0.1, -0.05) is 24.3 Å². The Kier molecular flexibility index (Phi) is 3.38. The van der Waals surface area contributed by atoms with Gasteiger partial charge in [0.2, 0.25) is 5.95 Å². The molecule has 1 aromatic carbocycles. The van der Waals surface area contributed by atoms with Crippen molar-refractivity contribution in [1.29, 1.82) is 0 Å². The van der Waals surface area contributed by atoms with Crippen LogP contribution in [-0.2, 0) is 16.9 Å². The van der Waals surface area contributed by atoms with Gasteiger partial charge in [-0.25, -0.2) is 4.98 Å². The Bertz CT molecular complexity index is 754. The maximum absolute atomic E-state index is 13.7. The van der Waals surface area contributed by atoms with Crippen LogP contribution in [0.2, 0.25) is 0 Å². The molecule has 3 heterocycles. The topological polar surface area (TPSA) is 42.4 Å². The van der Waals surface area contributed by atoms with Crippen LogP contribution in [0.4, 0.5) is 4.39 Å². The Morgan fingerprint density at radius 1 is 1.17 bits per heavy atom. The van der Waals surface area contributed by atoms with Crippen molar-refractivity contribution in [2.24, 2.45) is 0 Å². The van der Waals surface area contributed by atoms with Crippen molar-refractivity contribution in [2.75, 3.05) is 13.1 Å². The quantitative estimate of drug-likeness (QED) is 0.760. The first kappa shape index (κ1) is 14.3. The third-order valence-electron chi connectivity index (χ3n) is 4.86. The predicted molar refractivity (Wildman–Crippen MR) is 82.2 cm³/mol. The molecule has 0 radical (unpaired) electrons. The molecule has 0 unspecified atom stereocenters. The minimum atomic E-state index is -0.708. The number of nitrogens with zero attached hydrogens (tertiary/aromatic N) is 2. The van der Waals surface area contributed by atoms with Crippen molar-refractivity contribution in [3.8, 4) is 0 Å². The van der Waals surface area contributed by atoms with Gasteiger partial charge in [-0.2, -0.15) is 4.39 Å². The molecule has 0 saturated carbocycles. The summed E-state index contributed by atoms with van der Waals surface area (Å²) >= 11 is 0. The average molecular weight is 312 g/mol. The fraction of sp³-hybridized carbons (Fsp3) is 0.333. The molecule has 0 aliphatic carbocycles. The Labute approximate surface area is 133 Å². The molecular weight excluding hydrogens is 295 g/mol. The van der Waals surface area contributed by atoms with Gasteiger partial charge in [0.05, 0.1) is 17.8 Å². The van der Waals surface area contributed by atoms with Gasteiger partial charge in [0, 0.05) is 19.3 Å². The van der Waals surface area contributed by atoms with Gasteiger partial charge in [0.1, 0.15) is 0 Å². The van der Waals surface area contributed by atoms with Gasteiger partial charge in [-0.05, 0) is 36.1 Å². The zero-order valence-electron chi connectivity index (χ0n) is 12.7. The van der Waals surface area contributed by atoms with Gasteiger partial charge in [-0.3, -0.25) is 4.79 Å². The second kappa shape index (κ2) is 5.42. The van der Waals surface area contributed by atoms with Crippen LogP contribution in [0.3, 0.4) is 0 Å². The number of amides is 1. The van der Waals surface area contributed by atoms with Gasteiger partial charge >= 0.3 is 0 Å².